The van der Waals surface area contributed by atoms with Crippen LogP contribution in [0.15, 0.2) is 35.6 Å². The van der Waals surface area contributed by atoms with Gasteiger partial charge < -0.3 is 20.1 Å². The first-order valence-corrected chi connectivity index (χ1v) is 7.29. The number of allylic oxidation sites excluding steroid dienone is 1. The van der Waals surface area contributed by atoms with E-state index >= 15 is 0 Å². The molecule has 2 rings (SSSR count). The average molecular weight is 320 g/mol. The van der Waals surface area contributed by atoms with Crippen molar-refractivity contribution < 1.29 is 24.2 Å². The number of alkyl carbamates (subject to hydrolysis) is 1. The van der Waals surface area contributed by atoms with Crippen molar-refractivity contribution in [3.8, 4) is 0 Å². The van der Waals surface area contributed by atoms with E-state index in [9.17, 15) is 14.4 Å². The second kappa shape index (κ2) is 6.28. The molecule has 0 spiro atoms. The molecule has 0 saturated heterocycles. The summed E-state index contributed by atoms with van der Waals surface area (Å²) in [5.74, 6) is -1.82. The summed E-state index contributed by atoms with van der Waals surface area (Å²) in [6.45, 7) is 5.84. The van der Waals surface area contributed by atoms with Gasteiger partial charge in [0.2, 0.25) is 5.91 Å². The number of carbonyl (C=O) groups excluding carboxylic acids is 2. The van der Waals surface area contributed by atoms with Crippen LogP contribution in [0, 0.1) is 5.92 Å². The Bertz CT molecular complexity index is 625. The fourth-order valence-electron chi connectivity index (χ4n) is 2.29. The predicted molar refractivity (Wildman–Crippen MR) is 82.4 cm³/mol. The van der Waals surface area contributed by atoms with Crippen LogP contribution in [0.5, 0.6) is 0 Å². The molecule has 0 aromatic heterocycles. The van der Waals surface area contributed by atoms with Gasteiger partial charge in [-0.25, -0.2) is 9.59 Å². The minimum atomic E-state index is -1.06. The Morgan fingerprint density at radius 1 is 1.35 bits per heavy atom. The van der Waals surface area contributed by atoms with Crippen molar-refractivity contribution in [1.29, 1.82) is 0 Å². The lowest BCUT2D eigenvalue weighted by atomic mass is 9.93. The zero-order chi connectivity index (χ0) is 17.2. The molecule has 124 valence electrons. The molecule has 23 heavy (non-hydrogen) atoms. The topological polar surface area (TPSA) is 95.9 Å². The molecule has 7 heteroatoms. The smallest absolute Gasteiger partial charge is 0.407 e. The van der Waals surface area contributed by atoms with E-state index in [-0.39, 0.29) is 18.0 Å². The first-order chi connectivity index (χ1) is 10.7. The molecule has 0 aromatic rings. The Morgan fingerprint density at radius 3 is 2.65 bits per heavy atom. The normalized spacial score (nSPS) is 19.9. The summed E-state index contributed by atoms with van der Waals surface area (Å²) < 4.78 is 5.11. The molecule has 0 bridgehead atoms. The Labute approximate surface area is 134 Å². The molecule has 1 heterocycles. The third-order valence-corrected chi connectivity index (χ3v) is 3.28. The van der Waals surface area contributed by atoms with Crippen molar-refractivity contribution in [3.63, 3.8) is 0 Å². The lowest BCUT2D eigenvalue weighted by Crippen LogP contribution is -2.38. The highest BCUT2D eigenvalue weighted by Gasteiger charge is 2.33. The number of hydrogen-bond acceptors (Lipinski definition) is 4. The van der Waals surface area contributed by atoms with E-state index in [4.69, 9.17) is 9.84 Å². The third kappa shape index (κ3) is 4.21. The predicted octanol–water partition coefficient (Wildman–Crippen LogP) is 1.43. The number of nitrogens with zero attached hydrogens (tertiary/aromatic N) is 1. The second-order valence-electron chi connectivity index (χ2n) is 6.33. The van der Waals surface area contributed by atoms with Crippen molar-refractivity contribution in [1.82, 2.24) is 10.2 Å². The van der Waals surface area contributed by atoms with E-state index in [2.05, 4.69) is 5.32 Å². The number of hydrogen-bond donors (Lipinski definition) is 2. The monoisotopic (exact) mass is 320 g/mol. The van der Waals surface area contributed by atoms with Gasteiger partial charge in [-0.1, -0.05) is 12.2 Å². The van der Waals surface area contributed by atoms with Crippen molar-refractivity contribution >= 4 is 18.0 Å². The van der Waals surface area contributed by atoms with Gasteiger partial charge >= 0.3 is 12.1 Å². The molecule has 1 unspecified atom stereocenters. The lowest BCUT2D eigenvalue weighted by molar-refractivity contribution is -0.132. The van der Waals surface area contributed by atoms with E-state index in [1.807, 2.05) is 0 Å². The number of carbonyl (C=O) groups is 3. The van der Waals surface area contributed by atoms with Gasteiger partial charge in [0.1, 0.15) is 5.60 Å². The fourth-order valence-corrected chi connectivity index (χ4v) is 2.29. The Morgan fingerprint density at radius 2 is 2.04 bits per heavy atom. The Kier molecular flexibility index (Phi) is 4.58. The summed E-state index contributed by atoms with van der Waals surface area (Å²) in [6.07, 6.45) is 5.68. The zero-order valence-electron chi connectivity index (χ0n) is 13.3. The minimum Gasteiger partial charge on any atom is -0.478 e. The number of nitrogens with one attached hydrogen (secondary N) is 1. The highest BCUT2D eigenvalue weighted by Crippen LogP contribution is 2.30. The van der Waals surface area contributed by atoms with E-state index in [0.29, 0.717) is 6.54 Å². The SMILES string of the molecule is CC(C)(C)OC(=O)NCCN1C=C2C=CC(C(=O)O)=CC2C1=O. The standard InChI is InChI=1S/C16H20N2O5/c1-16(2,3)23-15(22)17-6-7-18-9-11-5-4-10(14(20)21)8-12(11)13(18)19/h4-5,8-9,12H,6-7H2,1-3H3,(H,17,22)(H,20,21). The highest BCUT2D eigenvalue weighted by molar-refractivity contribution is 5.95. The maximum Gasteiger partial charge on any atom is 0.407 e. The van der Waals surface area contributed by atoms with Crippen LogP contribution in [-0.2, 0) is 14.3 Å². The largest absolute Gasteiger partial charge is 0.478 e. The van der Waals surface area contributed by atoms with E-state index < -0.39 is 23.6 Å². The molecular weight excluding hydrogens is 300 g/mol. The van der Waals surface area contributed by atoms with Gasteiger partial charge in [0.25, 0.3) is 0 Å². The first-order valence-electron chi connectivity index (χ1n) is 7.29. The fraction of sp³-hybridized carbons (Fsp3) is 0.438. The van der Waals surface area contributed by atoms with Gasteiger partial charge in [-0.05, 0) is 32.4 Å². The number of fused-ring (bicyclic) bond motifs is 1. The van der Waals surface area contributed by atoms with Crippen molar-refractivity contribution in [2.24, 2.45) is 5.92 Å². The number of rotatable bonds is 4. The number of aliphatic carboxylic acids is 1. The quantitative estimate of drug-likeness (QED) is 0.817. The van der Waals surface area contributed by atoms with Crippen LogP contribution in [0.3, 0.4) is 0 Å². The summed E-state index contributed by atoms with van der Waals surface area (Å²) in [7, 11) is 0. The number of amides is 2. The molecule has 7 nitrogen and oxygen atoms in total. The van der Waals surface area contributed by atoms with E-state index in [1.54, 1.807) is 33.0 Å². The summed E-state index contributed by atoms with van der Waals surface area (Å²) in [6, 6.07) is 0. The van der Waals surface area contributed by atoms with Gasteiger partial charge in [0.15, 0.2) is 0 Å². The van der Waals surface area contributed by atoms with Gasteiger partial charge in [0.05, 0.1) is 11.5 Å². The van der Waals surface area contributed by atoms with Crippen LogP contribution >= 0.6 is 0 Å². The van der Waals surface area contributed by atoms with Crippen LogP contribution in [0.4, 0.5) is 4.79 Å². The maximum absolute atomic E-state index is 12.3. The molecule has 0 aromatic carbocycles. The summed E-state index contributed by atoms with van der Waals surface area (Å²) in [4.78, 5) is 36.3. The summed E-state index contributed by atoms with van der Waals surface area (Å²) in [5, 5.41) is 11.6. The van der Waals surface area contributed by atoms with Gasteiger partial charge in [-0.3, -0.25) is 4.79 Å². The molecule has 2 aliphatic rings. The molecule has 0 fully saturated rings. The van der Waals surface area contributed by atoms with E-state index in [1.165, 1.54) is 17.1 Å². The van der Waals surface area contributed by atoms with E-state index in [0.717, 1.165) is 5.57 Å². The number of ether oxygens (including phenoxy) is 1. The van der Waals surface area contributed by atoms with Gasteiger partial charge in [-0.2, -0.15) is 0 Å². The Balaban J connectivity index is 1.89. The van der Waals surface area contributed by atoms with Gasteiger partial charge in [-0.15, -0.1) is 0 Å². The molecule has 2 N–H and O–H groups in total. The van der Waals surface area contributed by atoms with Crippen LogP contribution in [0.25, 0.3) is 0 Å². The molecular formula is C16H20N2O5. The van der Waals surface area contributed by atoms with Crippen LogP contribution < -0.4 is 5.32 Å². The second-order valence-corrected chi connectivity index (χ2v) is 6.33. The van der Waals surface area contributed by atoms with Crippen molar-refractivity contribution in [2.75, 3.05) is 13.1 Å². The lowest BCUT2D eigenvalue weighted by Gasteiger charge is -2.20. The minimum absolute atomic E-state index is 0.106. The number of carboxylic acids is 1. The first kappa shape index (κ1) is 16.8. The van der Waals surface area contributed by atoms with Gasteiger partial charge in [0, 0.05) is 19.3 Å². The summed E-state index contributed by atoms with van der Waals surface area (Å²) >= 11 is 0. The maximum atomic E-state index is 12.3. The van der Waals surface area contributed by atoms with Crippen LogP contribution in [0.2, 0.25) is 0 Å². The van der Waals surface area contributed by atoms with Crippen LogP contribution in [-0.4, -0.2) is 46.7 Å². The Hall–Kier alpha value is -2.57. The molecule has 1 aliphatic heterocycles. The molecule has 1 aliphatic carbocycles. The highest BCUT2D eigenvalue weighted by atomic mass is 16.6. The zero-order valence-corrected chi connectivity index (χ0v) is 13.3. The molecule has 0 saturated carbocycles. The molecule has 1 atom stereocenters. The van der Waals surface area contributed by atoms with Crippen molar-refractivity contribution in [2.45, 2.75) is 26.4 Å². The van der Waals surface area contributed by atoms with Crippen molar-refractivity contribution in [3.05, 3.63) is 35.6 Å². The third-order valence-electron chi connectivity index (χ3n) is 3.28. The van der Waals surface area contributed by atoms with Crippen LogP contribution in [0.1, 0.15) is 20.8 Å². The summed E-state index contributed by atoms with van der Waals surface area (Å²) in [5.41, 5.74) is 0.277. The average Bonchev–Trinajstić information content (AvgIpc) is 2.73. The number of carboxylic acid groups (broad SMARTS) is 1. The molecule has 0 radical (unpaired) electrons. The molecule has 2 amide bonds.